The maximum atomic E-state index is 11.7. The first-order chi connectivity index (χ1) is 10.6. The Bertz CT molecular complexity index is 404. The fraction of sp³-hybridized carbons (Fsp3) is 0.688. The van der Waals surface area contributed by atoms with Crippen LogP contribution in [-0.2, 0) is 9.59 Å². The van der Waals surface area contributed by atoms with Crippen molar-refractivity contribution in [2.45, 2.75) is 39.0 Å². The Hall–Kier alpha value is -1.85. The largest absolute Gasteiger partial charge is 0.357 e. The number of amides is 2. The van der Waals surface area contributed by atoms with E-state index in [0.29, 0.717) is 32.4 Å². The highest BCUT2D eigenvalue weighted by atomic mass is 16.2. The van der Waals surface area contributed by atoms with Gasteiger partial charge in [0.25, 0.3) is 0 Å². The van der Waals surface area contributed by atoms with E-state index in [9.17, 15) is 9.59 Å². The van der Waals surface area contributed by atoms with E-state index in [1.807, 2.05) is 20.0 Å². The molecule has 1 heterocycles. The topological polar surface area (TPSA) is 65.0 Å². The number of piperidine rings is 1. The molecule has 1 N–H and O–H groups in total. The van der Waals surface area contributed by atoms with Crippen molar-refractivity contribution in [2.75, 3.05) is 33.2 Å². The summed E-state index contributed by atoms with van der Waals surface area (Å²) in [5.74, 6) is 0.662. The Balaban J connectivity index is 2.51. The summed E-state index contributed by atoms with van der Waals surface area (Å²) in [6.07, 6.45) is 5.51. The molecule has 1 rings (SSSR count). The van der Waals surface area contributed by atoms with Crippen molar-refractivity contribution in [3.8, 4) is 0 Å². The number of aliphatic imine (C=N–C) groups is 1. The van der Waals surface area contributed by atoms with Gasteiger partial charge >= 0.3 is 0 Å². The molecular formula is C16H28N4O2. The number of rotatable bonds is 8. The van der Waals surface area contributed by atoms with Crippen molar-refractivity contribution >= 4 is 17.8 Å². The molecule has 0 aromatic rings. The van der Waals surface area contributed by atoms with Gasteiger partial charge < -0.3 is 10.2 Å². The average Bonchev–Trinajstić information content (AvgIpc) is 2.49. The van der Waals surface area contributed by atoms with Crippen molar-refractivity contribution in [3.63, 3.8) is 0 Å². The van der Waals surface area contributed by atoms with E-state index in [0.717, 1.165) is 31.9 Å². The number of allylic oxidation sites excluding steroid dienone is 1. The number of hydrogen-bond acceptors (Lipinski definition) is 3. The Kier molecular flexibility index (Phi) is 8.25. The molecular weight excluding hydrogens is 280 g/mol. The first kappa shape index (κ1) is 18.2. The molecule has 1 fully saturated rings. The van der Waals surface area contributed by atoms with Crippen LogP contribution in [0.1, 0.15) is 39.0 Å². The second-order valence-corrected chi connectivity index (χ2v) is 5.38. The maximum absolute atomic E-state index is 11.7. The van der Waals surface area contributed by atoms with Crippen LogP contribution < -0.4 is 5.32 Å². The molecule has 0 radical (unpaired) electrons. The highest BCUT2D eigenvalue weighted by Gasteiger charge is 2.25. The van der Waals surface area contributed by atoms with Gasteiger partial charge in [0.05, 0.1) is 6.54 Å². The summed E-state index contributed by atoms with van der Waals surface area (Å²) in [5, 5.41) is 3.23. The highest BCUT2D eigenvalue weighted by molar-refractivity contribution is 5.97. The Morgan fingerprint density at radius 3 is 2.68 bits per heavy atom. The normalized spacial score (nSPS) is 15.9. The second kappa shape index (κ2) is 9.97. The molecule has 0 aliphatic carbocycles. The standard InChI is InChI=1S/C16H28N4O2/c1-4-6-7-12-19(3)16(17-5-2)18-11-13-20-14(21)9-8-10-15(20)22/h4H,1,5-13H2,2-3H3,(H,17,18). The molecule has 1 saturated heterocycles. The minimum absolute atomic E-state index is 0.0733. The van der Waals surface area contributed by atoms with E-state index < -0.39 is 0 Å². The van der Waals surface area contributed by atoms with Crippen LogP contribution in [-0.4, -0.2) is 60.8 Å². The summed E-state index contributed by atoms with van der Waals surface area (Å²) in [6.45, 7) is 8.22. The van der Waals surface area contributed by atoms with Gasteiger partial charge in [-0.15, -0.1) is 6.58 Å². The van der Waals surface area contributed by atoms with E-state index in [-0.39, 0.29) is 11.8 Å². The van der Waals surface area contributed by atoms with Gasteiger partial charge in [-0.1, -0.05) is 6.08 Å². The minimum atomic E-state index is -0.0733. The van der Waals surface area contributed by atoms with Crippen molar-refractivity contribution in [1.82, 2.24) is 15.1 Å². The molecule has 1 aliphatic rings. The van der Waals surface area contributed by atoms with Crippen LogP contribution in [0.2, 0.25) is 0 Å². The van der Waals surface area contributed by atoms with E-state index in [4.69, 9.17) is 0 Å². The summed E-state index contributed by atoms with van der Waals surface area (Å²) in [4.78, 5) is 31.4. The predicted molar refractivity (Wildman–Crippen MR) is 88.6 cm³/mol. The minimum Gasteiger partial charge on any atom is -0.357 e. The number of nitrogens with one attached hydrogen (secondary N) is 1. The molecule has 0 spiro atoms. The molecule has 6 nitrogen and oxygen atoms in total. The highest BCUT2D eigenvalue weighted by Crippen LogP contribution is 2.11. The smallest absolute Gasteiger partial charge is 0.229 e. The van der Waals surface area contributed by atoms with Crippen molar-refractivity contribution in [1.29, 1.82) is 0 Å². The third kappa shape index (κ3) is 5.87. The fourth-order valence-corrected chi connectivity index (χ4v) is 2.35. The molecule has 0 atom stereocenters. The summed E-state index contributed by atoms with van der Waals surface area (Å²) in [7, 11) is 1.99. The Morgan fingerprint density at radius 2 is 2.09 bits per heavy atom. The lowest BCUT2D eigenvalue weighted by atomic mass is 10.1. The van der Waals surface area contributed by atoms with E-state index in [1.165, 1.54) is 4.90 Å². The van der Waals surface area contributed by atoms with Gasteiger partial charge in [0.15, 0.2) is 5.96 Å². The molecule has 22 heavy (non-hydrogen) atoms. The van der Waals surface area contributed by atoms with E-state index >= 15 is 0 Å². The van der Waals surface area contributed by atoms with Crippen LogP contribution in [0, 0.1) is 0 Å². The van der Waals surface area contributed by atoms with Gasteiger partial charge in [0.1, 0.15) is 0 Å². The lowest BCUT2D eigenvalue weighted by molar-refractivity contribution is -0.147. The summed E-state index contributed by atoms with van der Waals surface area (Å²) < 4.78 is 0. The van der Waals surface area contributed by atoms with Gasteiger partial charge in [-0.3, -0.25) is 19.5 Å². The number of hydrogen-bond donors (Lipinski definition) is 1. The first-order valence-electron chi connectivity index (χ1n) is 8.03. The molecule has 0 saturated carbocycles. The van der Waals surface area contributed by atoms with Crippen LogP contribution in [0.25, 0.3) is 0 Å². The summed E-state index contributed by atoms with van der Waals surface area (Å²) in [5.41, 5.74) is 0. The van der Waals surface area contributed by atoms with Crippen molar-refractivity contribution in [2.24, 2.45) is 4.99 Å². The number of imide groups is 1. The van der Waals surface area contributed by atoms with Gasteiger partial charge in [0, 0.05) is 39.5 Å². The quantitative estimate of drug-likeness (QED) is 0.242. The summed E-state index contributed by atoms with van der Waals surface area (Å²) in [6, 6.07) is 0. The number of likely N-dealkylation sites (tertiary alicyclic amines) is 1. The van der Waals surface area contributed by atoms with Gasteiger partial charge in [-0.2, -0.15) is 0 Å². The summed E-state index contributed by atoms with van der Waals surface area (Å²) >= 11 is 0. The zero-order valence-electron chi connectivity index (χ0n) is 13.8. The molecule has 6 heteroatoms. The van der Waals surface area contributed by atoms with E-state index in [2.05, 4.69) is 21.8 Å². The lowest BCUT2D eigenvalue weighted by Crippen LogP contribution is -2.43. The predicted octanol–water partition coefficient (Wildman–Crippen LogP) is 1.39. The van der Waals surface area contributed by atoms with Gasteiger partial charge in [-0.05, 0) is 26.2 Å². The molecule has 0 bridgehead atoms. The molecule has 0 aromatic carbocycles. The van der Waals surface area contributed by atoms with E-state index in [1.54, 1.807) is 0 Å². The SMILES string of the molecule is C=CCCCN(C)C(=NCCN1C(=O)CCCC1=O)NCC. The zero-order chi connectivity index (χ0) is 16.4. The Morgan fingerprint density at radius 1 is 1.41 bits per heavy atom. The molecule has 2 amide bonds. The number of unbranched alkanes of at least 4 members (excludes halogenated alkanes) is 1. The fourth-order valence-electron chi connectivity index (χ4n) is 2.35. The van der Waals surface area contributed by atoms with Crippen LogP contribution >= 0.6 is 0 Å². The maximum Gasteiger partial charge on any atom is 0.229 e. The number of carbonyl (C=O) groups excluding carboxylic acids is 2. The molecule has 1 aliphatic heterocycles. The molecule has 124 valence electrons. The number of nitrogens with zero attached hydrogens (tertiary/aromatic N) is 3. The Labute approximate surface area is 133 Å². The number of carbonyl (C=O) groups is 2. The molecule has 0 unspecified atom stereocenters. The van der Waals surface area contributed by atoms with Crippen LogP contribution in [0.15, 0.2) is 17.6 Å². The molecule has 0 aromatic heterocycles. The van der Waals surface area contributed by atoms with Crippen LogP contribution in [0.4, 0.5) is 0 Å². The third-order valence-corrected chi connectivity index (χ3v) is 3.57. The zero-order valence-corrected chi connectivity index (χ0v) is 13.8. The lowest BCUT2D eigenvalue weighted by Gasteiger charge is -2.25. The second-order valence-electron chi connectivity index (χ2n) is 5.38. The third-order valence-electron chi connectivity index (χ3n) is 3.57. The van der Waals surface area contributed by atoms with Crippen molar-refractivity contribution < 1.29 is 9.59 Å². The average molecular weight is 308 g/mol. The van der Waals surface area contributed by atoms with Crippen molar-refractivity contribution in [3.05, 3.63) is 12.7 Å². The first-order valence-corrected chi connectivity index (χ1v) is 8.03. The monoisotopic (exact) mass is 308 g/mol. The van der Waals surface area contributed by atoms with Gasteiger partial charge in [-0.25, -0.2) is 0 Å². The number of guanidine groups is 1. The van der Waals surface area contributed by atoms with Crippen LogP contribution in [0.5, 0.6) is 0 Å². The van der Waals surface area contributed by atoms with Crippen LogP contribution in [0.3, 0.4) is 0 Å². The van der Waals surface area contributed by atoms with Gasteiger partial charge in [0.2, 0.25) is 11.8 Å².